The fraction of sp³-hybridized carbons (Fsp3) is 0.312. The van der Waals surface area contributed by atoms with Gasteiger partial charge in [-0.2, -0.15) is 0 Å². The highest BCUT2D eigenvalue weighted by atomic mass is 19.3. The highest BCUT2D eigenvalue weighted by Gasteiger charge is 2.43. The van der Waals surface area contributed by atoms with Crippen molar-refractivity contribution >= 4 is 5.78 Å². The van der Waals surface area contributed by atoms with Crippen molar-refractivity contribution < 1.29 is 23.0 Å². The Morgan fingerprint density at radius 3 is 2.71 bits per heavy atom. The SMILES string of the molecule is Cc1nc(C(=O)C[C@H](C)c2ccc3c(c2)OC(F)(F)O3)cc(=O)[nH]1. The number of fused-ring (bicyclic) bond motifs is 1. The van der Waals surface area contributed by atoms with Gasteiger partial charge in [-0.15, -0.1) is 8.78 Å². The number of ketones is 1. The Morgan fingerprint density at radius 2 is 2.00 bits per heavy atom. The van der Waals surface area contributed by atoms with E-state index in [9.17, 15) is 18.4 Å². The molecule has 2 heterocycles. The number of Topliss-reactive ketones (excluding diaryl/α,β-unsaturated/α-hetero) is 1. The van der Waals surface area contributed by atoms with Crippen molar-refractivity contribution in [1.82, 2.24) is 9.97 Å². The Morgan fingerprint density at radius 1 is 1.29 bits per heavy atom. The highest BCUT2D eigenvalue weighted by Crippen LogP contribution is 2.42. The number of rotatable bonds is 4. The molecular formula is C16H14F2N2O4. The van der Waals surface area contributed by atoms with E-state index >= 15 is 0 Å². The molecule has 0 spiro atoms. The molecule has 0 bridgehead atoms. The van der Waals surface area contributed by atoms with Gasteiger partial charge in [0.2, 0.25) is 0 Å². The topological polar surface area (TPSA) is 81.3 Å². The Bertz CT molecular complexity index is 863. The molecule has 24 heavy (non-hydrogen) atoms. The number of nitrogens with one attached hydrogen (secondary N) is 1. The van der Waals surface area contributed by atoms with Crippen molar-refractivity contribution in [2.75, 3.05) is 0 Å². The van der Waals surface area contributed by atoms with Crippen LogP contribution in [0.25, 0.3) is 0 Å². The monoisotopic (exact) mass is 336 g/mol. The third kappa shape index (κ3) is 3.27. The van der Waals surface area contributed by atoms with E-state index in [1.165, 1.54) is 12.1 Å². The number of H-pyrrole nitrogens is 1. The normalized spacial score (nSPS) is 16.0. The maximum absolute atomic E-state index is 13.0. The number of halogens is 2. The largest absolute Gasteiger partial charge is 0.586 e. The van der Waals surface area contributed by atoms with Crippen LogP contribution in [0.3, 0.4) is 0 Å². The van der Waals surface area contributed by atoms with Gasteiger partial charge in [0, 0.05) is 12.5 Å². The molecule has 1 aliphatic heterocycles. The second-order valence-electron chi connectivity index (χ2n) is 5.62. The number of aromatic nitrogens is 2. The molecule has 0 radical (unpaired) electrons. The van der Waals surface area contributed by atoms with E-state index in [4.69, 9.17) is 0 Å². The number of alkyl halides is 2. The average molecular weight is 336 g/mol. The van der Waals surface area contributed by atoms with Crippen LogP contribution in [0.1, 0.15) is 41.1 Å². The first-order valence-electron chi connectivity index (χ1n) is 7.24. The molecule has 1 N–H and O–H groups in total. The number of hydrogen-bond acceptors (Lipinski definition) is 5. The van der Waals surface area contributed by atoms with Crippen LogP contribution >= 0.6 is 0 Å². The number of benzene rings is 1. The summed E-state index contributed by atoms with van der Waals surface area (Å²) in [6.07, 6.45) is -3.60. The summed E-state index contributed by atoms with van der Waals surface area (Å²) in [4.78, 5) is 30.2. The molecule has 2 aromatic rings. The Hall–Kier alpha value is -2.77. The smallest absolute Gasteiger partial charge is 0.395 e. The second kappa shape index (κ2) is 5.70. The number of hydrogen-bond donors (Lipinski definition) is 1. The summed E-state index contributed by atoms with van der Waals surface area (Å²) in [5.74, 6) is -0.346. The van der Waals surface area contributed by atoms with E-state index in [2.05, 4.69) is 19.4 Å². The second-order valence-corrected chi connectivity index (χ2v) is 5.62. The van der Waals surface area contributed by atoms with Crippen LogP contribution in [0.2, 0.25) is 0 Å². The van der Waals surface area contributed by atoms with Gasteiger partial charge in [0.05, 0.1) is 0 Å². The van der Waals surface area contributed by atoms with E-state index in [0.29, 0.717) is 11.4 Å². The number of carbonyl (C=O) groups excluding carboxylic acids is 1. The Balaban J connectivity index is 1.77. The van der Waals surface area contributed by atoms with Crippen LogP contribution in [-0.2, 0) is 0 Å². The molecular weight excluding hydrogens is 322 g/mol. The van der Waals surface area contributed by atoms with Crippen LogP contribution in [0.4, 0.5) is 8.78 Å². The summed E-state index contributed by atoms with van der Waals surface area (Å²) in [7, 11) is 0. The zero-order chi connectivity index (χ0) is 17.5. The van der Waals surface area contributed by atoms with E-state index in [1.807, 2.05) is 0 Å². The van der Waals surface area contributed by atoms with Crippen LogP contribution < -0.4 is 15.0 Å². The number of aromatic amines is 1. The number of ether oxygens (including phenoxy) is 2. The minimum Gasteiger partial charge on any atom is -0.395 e. The molecule has 3 rings (SSSR count). The standard InChI is InChI=1S/C16H14F2N2O4/c1-8(5-12(21)11-7-15(22)20-9(2)19-11)10-3-4-13-14(6-10)24-16(17,18)23-13/h3-4,6-8H,5H2,1-2H3,(H,19,20,22)/t8-/m0/s1. The summed E-state index contributed by atoms with van der Waals surface area (Å²) < 4.78 is 34.8. The molecule has 0 amide bonds. The predicted molar refractivity (Wildman–Crippen MR) is 79.6 cm³/mol. The van der Waals surface area contributed by atoms with Crippen molar-refractivity contribution in [1.29, 1.82) is 0 Å². The molecule has 0 fully saturated rings. The van der Waals surface area contributed by atoms with Gasteiger partial charge >= 0.3 is 6.29 Å². The molecule has 0 saturated heterocycles. The molecule has 0 aliphatic carbocycles. The Labute approximate surface area is 135 Å². The lowest BCUT2D eigenvalue weighted by molar-refractivity contribution is -0.286. The van der Waals surface area contributed by atoms with E-state index in [-0.39, 0.29) is 35.3 Å². The average Bonchev–Trinajstić information content (AvgIpc) is 2.78. The molecule has 1 atom stereocenters. The first-order chi connectivity index (χ1) is 11.2. The quantitative estimate of drug-likeness (QED) is 0.868. The summed E-state index contributed by atoms with van der Waals surface area (Å²) >= 11 is 0. The van der Waals surface area contributed by atoms with Crippen molar-refractivity contribution in [3.8, 4) is 11.5 Å². The maximum Gasteiger partial charge on any atom is 0.586 e. The molecule has 0 saturated carbocycles. The molecule has 126 valence electrons. The first kappa shape index (κ1) is 16.1. The third-order valence-corrected chi connectivity index (χ3v) is 3.63. The molecule has 1 aromatic heterocycles. The lowest BCUT2D eigenvalue weighted by Gasteiger charge is -2.11. The first-order valence-corrected chi connectivity index (χ1v) is 7.24. The number of aryl methyl sites for hydroxylation is 1. The minimum atomic E-state index is -3.67. The van der Waals surface area contributed by atoms with Gasteiger partial charge in [0.15, 0.2) is 17.3 Å². The van der Waals surface area contributed by atoms with Gasteiger partial charge < -0.3 is 14.5 Å². The van der Waals surface area contributed by atoms with Gasteiger partial charge in [0.1, 0.15) is 11.5 Å². The van der Waals surface area contributed by atoms with Gasteiger partial charge in [-0.05, 0) is 30.5 Å². The van der Waals surface area contributed by atoms with Gasteiger partial charge in [-0.3, -0.25) is 9.59 Å². The zero-order valence-corrected chi connectivity index (χ0v) is 12.9. The molecule has 1 aliphatic rings. The third-order valence-electron chi connectivity index (χ3n) is 3.63. The number of carbonyl (C=O) groups is 1. The molecule has 0 unspecified atom stereocenters. The van der Waals surface area contributed by atoms with Crippen LogP contribution in [-0.4, -0.2) is 22.0 Å². The fourth-order valence-corrected chi connectivity index (χ4v) is 2.49. The molecule has 8 heteroatoms. The van der Waals surface area contributed by atoms with Crippen molar-refractivity contribution in [3.63, 3.8) is 0 Å². The van der Waals surface area contributed by atoms with Crippen molar-refractivity contribution in [2.45, 2.75) is 32.5 Å². The van der Waals surface area contributed by atoms with Crippen LogP contribution in [0.5, 0.6) is 11.5 Å². The fourth-order valence-electron chi connectivity index (χ4n) is 2.49. The lowest BCUT2D eigenvalue weighted by atomic mass is 9.94. The Kier molecular flexibility index (Phi) is 3.82. The predicted octanol–water partition coefficient (Wildman–Crippen LogP) is 2.78. The zero-order valence-electron chi connectivity index (χ0n) is 12.9. The van der Waals surface area contributed by atoms with Crippen LogP contribution in [0.15, 0.2) is 29.1 Å². The van der Waals surface area contributed by atoms with Gasteiger partial charge in [0.25, 0.3) is 5.56 Å². The van der Waals surface area contributed by atoms with Crippen molar-refractivity contribution in [2.24, 2.45) is 0 Å². The summed E-state index contributed by atoms with van der Waals surface area (Å²) in [5, 5.41) is 0. The van der Waals surface area contributed by atoms with Gasteiger partial charge in [-0.1, -0.05) is 13.0 Å². The summed E-state index contributed by atoms with van der Waals surface area (Å²) in [5.41, 5.74) is 0.323. The van der Waals surface area contributed by atoms with Crippen molar-refractivity contribution in [3.05, 3.63) is 51.7 Å². The summed E-state index contributed by atoms with van der Waals surface area (Å²) in [6.45, 7) is 3.35. The maximum atomic E-state index is 13.0. The molecule has 6 nitrogen and oxygen atoms in total. The van der Waals surface area contributed by atoms with Crippen LogP contribution in [0, 0.1) is 6.92 Å². The van der Waals surface area contributed by atoms with E-state index in [1.54, 1.807) is 19.9 Å². The summed E-state index contributed by atoms with van der Waals surface area (Å²) in [6, 6.07) is 5.53. The lowest BCUT2D eigenvalue weighted by Crippen LogP contribution is -2.25. The minimum absolute atomic E-state index is 0.0471. The molecule has 1 aromatic carbocycles. The highest BCUT2D eigenvalue weighted by molar-refractivity contribution is 5.94. The van der Waals surface area contributed by atoms with E-state index in [0.717, 1.165) is 6.07 Å². The van der Waals surface area contributed by atoms with E-state index < -0.39 is 11.9 Å². The number of nitrogens with zero attached hydrogens (tertiary/aromatic N) is 1. The van der Waals surface area contributed by atoms with Gasteiger partial charge in [-0.25, -0.2) is 4.98 Å².